The van der Waals surface area contributed by atoms with E-state index < -0.39 is 0 Å². The summed E-state index contributed by atoms with van der Waals surface area (Å²) in [4.78, 5) is 0. The first-order valence-corrected chi connectivity index (χ1v) is 12.9. The summed E-state index contributed by atoms with van der Waals surface area (Å²) in [6.45, 7) is 5.15. The van der Waals surface area contributed by atoms with E-state index in [1.54, 1.807) is 5.56 Å². The molecule has 1 nitrogen and oxygen atoms in total. The zero-order valence-electron chi connectivity index (χ0n) is 16.4. The molecule has 0 atom stereocenters. The van der Waals surface area contributed by atoms with Crippen LogP contribution in [0.2, 0.25) is 0 Å². The van der Waals surface area contributed by atoms with Crippen LogP contribution in [0.25, 0.3) is 0 Å². The summed E-state index contributed by atoms with van der Waals surface area (Å²) in [5.74, 6) is 4.90. The van der Waals surface area contributed by atoms with Gasteiger partial charge in [0.25, 0.3) is 0 Å². The Balaban J connectivity index is 1.55. The van der Waals surface area contributed by atoms with Gasteiger partial charge in [-0.05, 0) is 126 Å². The van der Waals surface area contributed by atoms with Crippen molar-refractivity contribution in [3.8, 4) is 5.75 Å². The number of hydrogen-bond donors (Lipinski definition) is 0. The summed E-state index contributed by atoms with van der Waals surface area (Å²) in [7, 11) is 0. The van der Waals surface area contributed by atoms with Gasteiger partial charge in [-0.1, -0.05) is 38.7 Å². The molecule has 26 heavy (non-hydrogen) atoms. The van der Waals surface area contributed by atoms with E-state index in [0.29, 0.717) is 0 Å². The van der Waals surface area contributed by atoms with Crippen LogP contribution < -0.4 is 4.74 Å². The van der Waals surface area contributed by atoms with Crippen molar-refractivity contribution in [3.63, 3.8) is 0 Å². The van der Waals surface area contributed by atoms with E-state index in [9.17, 15) is 0 Å². The second-order valence-corrected chi connectivity index (χ2v) is 10.6. The van der Waals surface area contributed by atoms with E-state index in [0.717, 1.165) is 36.0 Å². The minimum Gasteiger partial charge on any atom is -0.493 e. The molecule has 146 valence electrons. The fourth-order valence-electron chi connectivity index (χ4n) is 5.39. The van der Waals surface area contributed by atoms with Crippen LogP contribution >= 0.6 is 45.2 Å². The molecular formula is C23H34I2O. The van der Waals surface area contributed by atoms with Crippen molar-refractivity contribution < 1.29 is 4.74 Å². The fraction of sp³-hybridized carbons (Fsp3) is 0.739. The highest BCUT2D eigenvalue weighted by atomic mass is 127. The van der Waals surface area contributed by atoms with Gasteiger partial charge in [-0.15, -0.1) is 0 Å². The molecule has 2 saturated carbocycles. The maximum Gasteiger partial charge on any atom is 0.133 e. The Morgan fingerprint density at radius 3 is 2.04 bits per heavy atom. The summed E-state index contributed by atoms with van der Waals surface area (Å²) < 4.78 is 8.50. The van der Waals surface area contributed by atoms with Crippen LogP contribution in [0, 0.1) is 24.9 Å². The normalized spacial score (nSPS) is 29.5. The van der Waals surface area contributed by atoms with E-state index in [1.807, 2.05) is 0 Å². The van der Waals surface area contributed by atoms with Crippen molar-refractivity contribution in [2.45, 2.75) is 84.0 Å². The van der Waals surface area contributed by atoms with E-state index in [4.69, 9.17) is 4.74 Å². The van der Waals surface area contributed by atoms with Crippen LogP contribution in [0.3, 0.4) is 0 Å². The molecule has 0 aliphatic heterocycles. The molecule has 2 aliphatic rings. The zero-order valence-corrected chi connectivity index (χ0v) is 20.7. The zero-order chi connectivity index (χ0) is 18.5. The molecule has 2 aliphatic carbocycles. The summed E-state index contributed by atoms with van der Waals surface area (Å²) >= 11 is 5.01. The monoisotopic (exact) mass is 580 g/mol. The first-order chi connectivity index (χ1) is 12.6. The maximum atomic E-state index is 5.77. The van der Waals surface area contributed by atoms with Gasteiger partial charge in [0.05, 0.1) is 10.2 Å². The topological polar surface area (TPSA) is 9.23 Å². The van der Waals surface area contributed by atoms with Crippen LogP contribution in [0.15, 0.2) is 12.1 Å². The Morgan fingerprint density at radius 2 is 1.46 bits per heavy atom. The molecule has 3 rings (SSSR count). The largest absolute Gasteiger partial charge is 0.493 e. The second-order valence-electron chi connectivity index (χ2n) is 8.40. The van der Waals surface area contributed by atoms with Crippen molar-refractivity contribution in [3.05, 3.63) is 24.8 Å². The molecule has 0 N–H and O–H groups in total. The van der Waals surface area contributed by atoms with Crippen molar-refractivity contribution in [1.82, 2.24) is 0 Å². The van der Waals surface area contributed by atoms with Crippen molar-refractivity contribution >= 4 is 45.2 Å². The van der Waals surface area contributed by atoms with E-state index in [1.165, 1.54) is 71.3 Å². The van der Waals surface area contributed by atoms with Crippen molar-refractivity contribution in [2.75, 3.05) is 6.61 Å². The highest BCUT2D eigenvalue weighted by Crippen LogP contribution is 2.46. The predicted molar refractivity (Wildman–Crippen MR) is 128 cm³/mol. The maximum absolute atomic E-state index is 5.77. The molecule has 0 bridgehead atoms. The predicted octanol–water partition coefficient (Wildman–Crippen LogP) is 8.17. The first-order valence-electron chi connectivity index (χ1n) is 10.7. The lowest BCUT2D eigenvalue weighted by atomic mass is 9.68. The van der Waals surface area contributed by atoms with Crippen LogP contribution in [0.1, 0.15) is 89.5 Å². The molecule has 0 amide bonds. The lowest BCUT2D eigenvalue weighted by Crippen LogP contribution is -2.25. The molecular weight excluding hydrogens is 546 g/mol. The van der Waals surface area contributed by atoms with E-state index >= 15 is 0 Å². The van der Waals surface area contributed by atoms with Gasteiger partial charge in [-0.3, -0.25) is 0 Å². The fourth-order valence-corrected chi connectivity index (χ4v) is 6.92. The smallest absolute Gasteiger partial charge is 0.133 e. The Labute approximate surface area is 187 Å². The first kappa shape index (κ1) is 21.2. The Kier molecular flexibility index (Phi) is 8.41. The molecule has 3 heteroatoms. The highest BCUT2D eigenvalue weighted by Gasteiger charge is 2.31. The van der Waals surface area contributed by atoms with Gasteiger partial charge in [0.15, 0.2) is 0 Å². The third kappa shape index (κ3) is 5.09. The molecule has 0 spiro atoms. The molecule has 0 radical (unpaired) electrons. The van der Waals surface area contributed by atoms with E-state index in [-0.39, 0.29) is 0 Å². The van der Waals surface area contributed by atoms with Gasteiger partial charge < -0.3 is 4.74 Å². The minimum absolute atomic E-state index is 0.747. The van der Waals surface area contributed by atoms with Crippen LogP contribution in [-0.2, 0) is 0 Å². The summed E-state index contributed by atoms with van der Waals surface area (Å²) in [6.07, 6.45) is 14.6. The lowest BCUT2D eigenvalue weighted by Gasteiger charge is -2.38. The standard InChI is InChI=1S/C23H34I2O/c1-3-5-16-6-8-17(9-7-16)18-10-12-19(13-11-18)20-14-15-21(26-4-2)23(25)22(20)24/h14-19H,3-13H2,1-2H3. The number of ether oxygens (including phenoxy) is 1. The molecule has 1 aromatic carbocycles. The number of halogens is 2. The van der Waals surface area contributed by atoms with Gasteiger partial charge in [-0.2, -0.15) is 0 Å². The Morgan fingerprint density at radius 1 is 0.846 bits per heavy atom. The lowest BCUT2D eigenvalue weighted by molar-refractivity contribution is 0.156. The van der Waals surface area contributed by atoms with Crippen LogP contribution in [0.4, 0.5) is 0 Å². The van der Waals surface area contributed by atoms with Crippen LogP contribution in [0.5, 0.6) is 5.75 Å². The van der Waals surface area contributed by atoms with Gasteiger partial charge in [0.1, 0.15) is 5.75 Å². The van der Waals surface area contributed by atoms with Crippen LogP contribution in [-0.4, -0.2) is 6.61 Å². The third-order valence-electron chi connectivity index (χ3n) is 6.84. The molecule has 0 heterocycles. The molecule has 1 aromatic rings. The SMILES string of the molecule is CCCC1CCC(C2CCC(c3ccc(OCC)c(I)c3I)CC2)CC1. The third-order valence-corrected chi connectivity index (χ3v) is 10.1. The Bertz CT molecular complexity index is 570. The molecule has 0 aromatic heterocycles. The summed E-state index contributed by atoms with van der Waals surface area (Å²) in [6, 6.07) is 4.54. The Hall–Kier alpha value is 0.480. The number of rotatable bonds is 6. The molecule has 0 saturated heterocycles. The molecule has 0 unspecified atom stereocenters. The second kappa shape index (κ2) is 10.3. The average molecular weight is 580 g/mol. The van der Waals surface area contributed by atoms with Crippen molar-refractivity contribution in [1.29, 1.82) is 0 Å². The van der Waals surface area contributed by atoms with Gasteiger partial charge >= 0.3 is 0 Å². The van der Waals surface area contributed by atoms with Crippen molar-refractivity contribution in [2.24, 2.45) is 17.8 Å². The quantitative estimate of drug-likeness (QED) is 0.309. The highest BCUT2D eigenvalue weighted by molar-refractivity contribution is 14.1. The average Bonchev–Trinajstić information content (AvgIpc) is 2.67. The number of hydrogen-bond acceptors (Lipinski definition) is 1. The summed E-state index contributed by atoms with van der Waals surface area (Å²) in [5, 5.41) is 0. The van der Waals surface area contributed by atoms with E-state index in [2.05, 4.69) is 71.2 Å². The molecule has 2 fully saturated rings. The summed E-state index contributed by atoms with van der Waals surface area (Å²) in [5.41, 5.74) is 1.57. The van der Waals surface area contributed by atoms with Gasteiger partial charge in [-0.25, -0.2) is 0 Å². The number of benzene rings is 1. The van der Waals surface area contributed by atoms with Gasteiger partial charge in [0.2, 0.25) is 0 Å². The minimum atomic E-state index is 0.747. The van der Waals surface area contributed by atoms with Gasteiger partial charge in [0, 0.05) is 3.57 Å².